The molecule has 1 aromatic heterocycles. The second kappa shape index (κ2) is 9.74. The van der Waals surface area contributed by atoms with Crippen LogP contribution < -0.4 is 10.6 Å². The molecule has 0 aromatic carbocycles. The Morgan fingerprint density at radius 1 is 1.56 bits per heavy atom. The van der Waals surface area contributed by atoms with Crippen LogP contribution in [0.4, 0.5) is 0 Å². The average Bonchev–Trinajstić information content (AvgIpc) is 2.69. The van der Waals surface area contributed by atoms with Gasteiger partial charge in [0.05, 0.1) is 10.7 Å². The largest absolute Gasteiger partial charge is 0.356 e. The highest BCUT2D eigenvalue weighted by atomic mass is 127. The first-order valence-corrected chi connectivity index (χ1v) is 6.98. The Bertz CT molecular complexity index is 406. The number of aliphatic imine (C=N–C) groups is 1. The molecule has 1 heterocycles. The number of hydrogen-bond acceptors (Lipinski definition) is 3. The summed E-state index contributed by atoms with van der Waals surface area (Å²) in [7, 11) is 1.75. The van der Waals surface area contributed by atoms with Crippen molar-refractivity contribution < 1.29 is 0 Å². The van der Waals surface area contributed by atoms with Gasteiger partial charge in [0, 0.05) is 36.4 Å². The number of rotatable bonds is 5. The third-order valence-corrected chi connectivity index (χ3v) is 3.11. The zero-order valence-electron chi connectivity index (χ0n) is 10.5. The summed E-state index contributed by atoms with van der Waals surface area (Å²) >= 11 is 4.97. The van der Waals surface area contributed by atoms with E-state index in [1.807, 2.05) is 6.92 Å². The molecule has 0 amide bonds. The topological polar surface area (TPSA) is 49.3 Å². The molecule has 102 valence electrons. The fraction of sp³-hybridized carbons (Fsp3) is 0.455. The number of nitrogens with one attached hydrogen (secondary N) is 2. The summed E-state index contributed by atoms with van der Waals surface area (Å²) in [4.78, 5) is 8.52. The van der Waals surface area contributed by atoms with E-state index in [2.05, 4.69) is 48.5 Å². The molecule has 0 aliphatic carbocycles. The third kappa shape index (κ3) is 7.32. The Balaban J connectivity index is 0.00000289. The fourth-order valence-corrected chi connectivity index (χ4v) is 2.02. The van der Waals surface area contributed by atoms with Gasteiger partial charge in [0.1, 0.15) is 0 Å². The van der Waals surface area contributed by atoms with E-state index < -0.39 is 0 Å². The standard InChI is InChI=1S/C11H17BrN4S.HI/c1-8(12)6-15-11(13-3)14-5-4-10-7-17-9(2)16-10;/h7H,1,4-6H2,2-3H3,(H2,13,14,15);1H. The van der Waals surface area contributed by atoms with E-state index in [1.165, 1.54) is 0 Å². The van der Waals surface area contributed by atoms with Gasteiger partial charge in [0.25, 0.3) is 0 Å². The minimum Gasteiger partial charge on any atom is -0.356 e. The van der Waals surface area contributed by atoms with E-state index in [4.69, 9.17) is 0 Å². The number of halogens is 2. The van der Waals surface area contributed by atoms with Gasteiger partial charge >= 0.3 is 0 Å². The van der Waals surface area contributed by atoms with Crippen LogP contribution in [0.15, 0.2) is 21.4 Å². The van der Waals surface area contributed by atoms with Crippen molar-refractivity contribution >= 4 is 57.2 Å². The summed E-state index contributed by atoms with van der Waals surface area (Å²) < 4.78 is 0.899. The molecule has 0 aliphatic rings. The van der Waals surface area contributed by atoms with Gasteiger partial charge in [-0.25, -0.2) is 4.98 Å². The number of hydrogen-bond donors (Lipinski definition) is 2. The number of nitrogens with zero attached hydrogens (tertiary/aromatic N) is 2. The summed E-state index contributed by atoms with van der Waals surface area (Å²) in [5.74, 6) is 0.776. The Morgan fingerprint density at radius 2 is 2.28 bits per heavy atom. The summed E-state index contributed by atoms with van der Waals surface area (Å²) in [6.07, 6.45) is 0.903. The predicted molar refractivity (Wildman–Crippen MR) is 93.4 cm³/mol. The van der Waals surface area contributed by atoms with Crippen LogP contribution in [0.5, 0.6) is 0 Å². The van der Waals surface area contributed by atoms with E-state index in [0.717, 1.165) is 34.1 Å². The van der Waals surface area contributed by atoms with Crippen molar-refractivity contribution in [2.75, 3.05) is 20.1 Å². The van der Waals surface area contributed by atoms with E-state index in [9.17, 15) is 0 Å². The first-order chi connectivity index (χ1) is 8.11. The molecule has 0 saturated heterocycles. The second-order valence-corrected chi connectivity index (χ2v) is 5.66. The summed E-state index contributed by atoms with van der Waals surface area (Å²) in [6, 6.07) is 0. The van der Waals surface area contributed by atoms with Crippen LogP contribution in [0.3, 0.4) is 0 Å². The molecule has 0 saturated carbocycles. The molecule has 18 heavy (non-hydrogen) atoms. The molecular formula is C11H18BrIN4S. The fourth-order valence-electron chi connectivity index (χ4n) is 1.23. The molecular weight excluding hydrogens is 427 g/mol. The smallest absolute Gasteiger partial charge is 0.191 e. The van der Waals surface area contributed by atoms with Gasteiger partial charge < -0.3 is 10.6 Å². The van der Waals surface area contributed by atoms with Gasteiger partial charge in [-0.15, -0.1) is 35.3 Å². The molecule has 0 radical (unpaired) electrons. The van der Waals surface area contributed by atoms with Gasteiger partial charge in [-0.05, 0) is 6.92 Å². The maximum absolute atomic E-state index is 4.40. The highest BCUT2D eigenvalue weighted by molar-refractivity contribution is 14.0. The van der Waals surface area contributed by atoms with Gasteiger partial charge in [0.15, 0.2) is 5.96 Å². The highest BCUT2D eigenvalue weighted by Gasteiger charge is 2.00. The van der Waals surface area contributed by atoms with Crippen LogP contribution in [-0.4, -0.2) is 31.1 Å². The minimum absolute atomic E-state index is 0. The maximum atomic E-state index is 4.40. The van der Waals surface area contributed by atoms with Crippen molar-refractivity contribution in [3.8, 4) is 0 Å². The molecule has 0 atom stereocenters. The Kier molecular flexibility index (Phi) is 9.66. The number of thiazole rings is 1. The van der Waals surface area contributed by atoms with Crippen LogP contribution in [-0.2, 0) is 6.42 Å². The first kappa shape index (κ1) is 17.8. The number of aryl methyl sites for hydroxylation is 1. The van der Waals surface area contributed by atoms with Gasteiger partial charge in [-0.1, -0.05) is 22.5 Å². The highest BCUT2D eigenvalue weighted by Crippen LogP contribution is 2.07. The lowest BCUT2D eigenvalue weighted by Crippen LogP contribution is -2.38. The Labute approximate surface area is 138 Å². The quantitative estimate of drug-likeness (QED) is 0.417. The molecule has 1 aromatic rings. The predicted octanol–water partition coefficient (Wildman–Crippen LogP) is 2.69. The Hall–Kier alpha value is -0.150. The zero-order chi connectivity index (χ0) is 12.7. The lowest BCUT2D eigenvalue weighted by Gasteiger charge is -2.10. The van der Waals surface area contributed by atoms with Gasteiger partial charge in [-0.3, -0.25) is 4.99 Å². The Morgan fingerprint density at radius 3 is 2.78 bits per heavy atom. The minimum atomic E-state index is 0. The van der Waals surface area contributed by atoms with Crippen LogP contribution >= 0.6 is 51.2 Å². The molecule has 0 bridgehead atoms. The van der Waals surface area contributed by atoms with Crippen LogP contribution in [0.1, 0.15) is 10.7 Å². The van der Waals surface area contributed by atoms with Crippen molar-refractivity contribution in [2.45, 2.75) is 13.3 Å². The summed E-state index contributed by atoms with van der Waals surface area (Å²) in [6.45, 7) is 7.25. The van der Waals surface area contributed by atoms with Crippen LogP contribution in [0.25, 0.3) is 0 Å². The van der Waals surface area contributed by atoms with Crippen molar-refractivity contribution in [1.82, 2.24) is 15.6 Å². The monoisotopic (exact) mass is 444 g/mol. The van der Waals surface area contributed by atoms with Crippen LogP contribution in [0.2, 0.25) is 0 Å². The molecule has 0 fully saturated rings. The van der Waals surface area contributed by atoms with E-state index >= 15 is 0 Å². The average molecular weight is 445 g/mol. The molecule has 4 nitrogen and oxygen atoms in total. The molecule has 0 spiro atoms. The van der Waals surface area contributed by atoms with Crippen molar-refractivity contribution in [3.63, 3.8) is 0 Å². The molecule has 0 aliphatic heterocycles. The first-order valence-electron chi connectivity index (χ1n) is 5.30. The lowest BCUT2D eigenvalue weighted by molar-refractivity contribution is 0.808. The lowest BCUT2D eigenvalue weighted by atomic mass is 10.3. The van der Waals surface area contributed by atoms with Crippen molar-refractivity contribution in [3.05, 3.63) is 27.1 Å². The molecule has 1 rings (SSSR count). The SMILES string of the molecule is C=C(Br)CNC(=NC)NCCc1csc(C)n1.I. The van der Waals surface area contributed by atoms with E-state index in [1.54, 1.807) is 18.4 Å². The second-order valence-electron chi connectivity index (χ2n) is 3.48. The summed E-state index contributed by atoms with van der Waals surface area (Å²) in [5, 5.41) is 9.56. The van der Waals surface area contributed by atoms with Gasteiger partial charge in [-0.2, -0.15) is 0 Å². The zero-order valence-corrected chi connectivity index (χ0v) is 15.2. The summed E-state index contributed by atoms with van der Waals surface area (Å²) in [5.41, 5.74) is 1.13. The molecule has 0 unspecified atom stereocenters. The molecule has 7 heteroatoms. The third-order valence-electron chi connectivity index (χ3n) is 2.01. The van der Waals surface area contributed by atoms with E-state index in [-0.39, 0.29) is 24.0 Å². The number of guanidine groups is 1. The maximum Gasteiger partial charge on any atom is 0.191 e. The van der Waals surface area contributed by atoms with Crippen molar-refractivity contribution in [2.24, 2.45) is 4.99 Å². The number of aromatic nitrogens is 1. The van der Waals surface area contributed by atoms with Crippen LogP contribution in [0, 0.1) is 6.92 Å². The van der Waals surface area contributed by atoms with Gasteiger partial charge in [0.2, 0.25) is 0 Å². The molecule has 2 N–H and O–H groups in total. The van der Waals surface area contributed by atoms with Crippen molar-refractivity contribution in [1.29, 1.82) is 0 Å². The normalized spacial score (nSPS) is 10.7. The van der Waals surface area contributed by atoms with E-state index in [0.29, 0.717) is 6.54 Å².